The van der Waals surface area contributed by atoms with Crippen LogP contribution in [0.25, 0.3) is 0 Å². The highest BCUT2D eigenvalue weighted by atomic mass is 19.1. The van der Waals surface area contributed by atoms with Crippen molar-refractivity contribution in [3.8, 4) is 0 Å². The van der Waals surface area contributed by atoms with Gasteiger partial charge in [0, 0.05) is 5.56 Å². The van der Waals surface area contributed by atoms with Crippen molar-refractivity contribution in [2.45, 2.75) is 97.3 Å². The van der Waals surface area contributed by atoms with Crippen LogP contribution in [0.5, 0.6) is 0 Å². The van der Waals surface area contributed by atoms with Gasteiger partial charge in [0.2, 0.25) is 5.91 Å². The van der Waals surface area contributed by atoms with E-state index in [-0.39, 0.29) is 5.82 Å². The van der Waals surface area contributed by atoms with Gasteiger partial charge in [-0.15, -0.1) is 0 Å². The zero-order valence-corrected chi connectivity index (χ0v) is 16.2. The Morgan fingerprint density at radius 3 is 1.80 bits per heavy atom. The van der Waals surface area contributed by atoms with Crippen LogP contribution in [0.4, 0.5) is 4.39 Å². The summed E-state index contributed by atoms with van der Waals surface area (Å²) in [5.41, 5.74) is 7.63. The Kier molecular flexibility index (Phi) is 11.2. The second-order valence-electron chi connectivity index (χ2n) is 7.10. The van der Waals surface area contributed by atoms with Crippen molar-refractivity contribution in [3.63, 3.8) is 0 Å². The fourth-order valence-corrected chi connectivity index (χ4v) is 3.44. The summed E-state index contributed by atoms with van der Waals surface area (Å²) in [6, 6.07) is 2.97. The van der Waals surface area contributed by atoms with Crippen molar-refractivity contribution in [1.29, 1.82) is 0 Å². The molecule has 0 saturated heterocycles. The molecule has 142 valence electrons. The normalized spacial score (nSPS) is 11.0. The van der Waals surface area contributed by atoms with Crippen LogP contribution >= 0.6 is 0 Å². The van der Waals surface area contributed by atoms with E-state index >= 15 is 0 Å². The zero-order valence-electron chi connectivity index (χ0n) is 16.2. The summed E-state index contributed by atoms with van der Waals surface area (Å²) in [6.07, 6.45) is 14.3. The molecule has 0 atom stereocenters. The predicted molar refractivity (Wildman–Crippen MR) is 104 cm³/mol. The van der Waals surface area contributed by atoms with E-state index in [1.54, 1.807) is 6.07 Å². The first-order valence-electron chi connectivity index (χ1n) is 10.2. The van der Waals surface area contributed by atoms with Crippen molar-refractivity contribution in [2.75, 3.05) is 0 Å². The lowest BCUT2D eigenvalue weighted by Gasteiger charge is -2.14. The molecule has 0 bridgehead atoms. The number of rotatable bonds is 14. The van der Waals surface area contributed by atoms with Gasteiger partial charge >= 0.3 is 0 Å². The third-order valence-electron chi connectivity index (χ3n) is 4.95. The van der Waals surface area contributed by atoms with Crippen LogP contribution in [0, 0.1) is 5.82 Å². The van der Waals surface area contributed by atoms with Gasteiger partial charge in [-0.2, -0.15) is 0 Å². The molecule has 0 unspecified atom stereocenters. The first kappa shape index (κ1) is 21.7. The molecule has 0 spiro atoms. The maximum atomic E-state index is 14.4. The molecule has 25 heavy (non-hydrogen) atoms. The lowest BCUT2D eigenvalue weighted by molar-refractivity contribution is 0.0999. The number of hydrogen-bond donors (Lipinski definition) is 1. The molecule has 0 saturated carbocycles. The molecule has 0 aliphatic carbocycles. The Labute approximate surface area is 153 Å². The molecule has 0 heterocycles. The molecule has 0 radical (unpaired) electrons. The molecule has 0 fully saturated rings. The van der Waals surface area contributed by atoms with E-state index in [9.17, 15) is 9.18 Å². The van der Waals surface area contributed by atoms with Crippen LogP contribution in [0.3, 0.4) is 0 Å². The number of benzene rings is 1. The SMILES string of the molecule is CCCCCCCCc1c(C(N)=O)ccc(F)c1CCCCCCC. The second-order valence-corrected chi connectivity index (χ2v) is 7.10. The number of primary amides is 1. The van der Waals surface area contributed by atoms with Crippen LogP contribution in [0.15, 0.2) is 12.1 Å². The first-order valence-corrected chi connectivity index (χ1v) is 10.2. The maximum absolute atomic E-state index is 14.4. The summed E-state index contributed by atoms with van der Waals surface area (Å²) in [7, 11) is 0. The van der Waals surface area contributed by atoms with E-state index in [1.807, 2.05) is 0 Å². The molecule has 2 N–H and O–H groups in total. The summed E-state index contributed by atoms with van der Waals surface area (Å²) in [5, 5.41) is 0. The van der Waals surface area contributed by atoms with Gasteiger partial charge in [-0.05, 0) is 48.9 Å². The topological polar surface area (TPSA) is 43.1 Å². The number of hydrogen-bond acceptors (Lipinski definition) is 1. The number of carbonyl (C=O) groups excluding carboxylic acids is 1. The van der Waals surface area contributed by atoms with Gasteiger partial charge in [0.25, 0.3) is 0 Å². The Bertz CT molecular complexity index is 513. The largest absolute Gasteiger partial charge is 0.366 e. The third kappa shape index (κ3) is 8.02. The molecule has 0 aliphatic rings. The van der Waals surface area contributed by atoms with Crippen LogP contribution < -0.4 is 5.73 Å². The smallest absolute Gasteiger partial charge is 0.248 e. The molecular formula is C22H36FNO. The highest BCUT2D eigenvalue weighted by Gasteiger charge is 2.16. The Morgan fingerprint density at radius 1 is 0.800 bits per heavy atom. The van der Waals surface area contributed by atoms with Gasteiger partial charge in [-0.1, -0.05) is 71.6 Å². The monoisotopic (exact) mass is 349 g/mol. The minimum atomic E-state index is -0.437. The summed E-state index contributed by atoms with van der Waals surface area (Å²) >= 11 is 0. The minimum absolute atomic E-state index is 0.179. The molecular weight excluding hydrogens is 313 g/mol. The Morgan fingerprint density at radius 2 is 1.28 bits per heavy atom. The molecule has 3 heteroatoms. The molecule has 1 aromatic carbocycles. The second kappa shape index (κ2) is 12.9. The number of amides is 1. The van der Waals surface area contributed by atoms with Crippen LogP contribution in [0.2, 0.25) is 0 Å². The number of unbranched alkanes of at least 4 members (excludes halogenated alkanes) is 9. The van der Waals surface area contributed by atoms with Crippen molar-refractivity contribution < 1.29 is 9.18 Å². The summed E-state index contributed by atoms with van der Waals surface area (Å²) < 4.78 is 14.4. The van der Waals surface area contributed by atoms with E-state index in [0.717, 1.165) is 43.2 Å². The molecule has 2 nitrogen and oxygen atoms in total. The summed E-state index contributed by atoms with van der Waals surface area (Å²) in [6.45, 7) is 4.40. The van der Waals surface area contributed by atoms with E-state index in [1.165, 1.54) is 51.0 Å². The van der Waals surface area contributed by atoms with E-state index in [0.29, 0.717) is 12.0 Å². The standard InChI is InChI=1S/C22H36FNO/c1-3-5-7-9-11-12-14-18-19(15-13-10-8-6-4-2)21(23)17-16-20(18)22(24)25/h16-17H,3-15H2,1-2H3,(H2,24,25). The van der Waals surface area contributed by atoms with E-state index in [2.05, 4.69) is 13.8 Å². The highest BCUT2D eigenvalue weighted by molar-refractivity contribution is 5.94. The molecule has 1 aromatic rings. The maximum Gasteiger partial charge on any atom is 0.248 e. The van der Waals surface area contributed by atoms with Gasteiger partial charge in [-0.25, -0.2) is 4.39 Å². The van der Waals surface area contributed by atoms with Crippen LogP contribution in [-0.2, 0) is 12.8 Å². The number of halogens is 1. The Balaban J connectivity index is 2.72. The zero-order chi connectivity index (χ0) is 18.5. The minimum Gasteiger partial charge on any atom is -0.366 e. The van der Waals surface area contributed by atoms with Gasteiger partial charge in [-0.3, -0.25) is 4.79 Å². The highest BCUT2D eigenvalue weighted by Crippen LogP contribution is 2.24. The van der Waals surface area contributed by atoms with Crippen molar-refractivity contribution >= 4 is 5.91 Å². The average Bonchev–Trinajstić information content (AvgIpc) is 2.59. The molecule has 1 amide bonds. The fraction of sp³-hybridized carbons (Fsp3) is 0.682. The number of nitrogens with two attached hydrogens (primary N) is 1. The quantitative estimate of drug-likeness (QED) is 0.391. The third-order valence-corrected chi connectivity index (χ3v) is 4.95. The average molecular weight is 350 g/mol. The van der Waals surface area contributed by atoms with Crippen molar-refractivity contribution in [3.05, 3.63) is 34.6 Å². The Hall–Kier alpha value is -1.38. The van der Waals surface area contributed by atoms with Crippen LogP contribution in [0.1, 0.15) is 106 Å². The first-order chi connectivity index (χ1) is 12.1. The van der Waals surface area contributed by atoms with E-state index in [4.69, 9.17) is 5.73 Å². The molecule has 0 aromatic heterocycles. The lowest BCUT2D eigenvalue weighted by Crippen LogP contribution is -2.16. The van der Waals surface area contributed by atoms with E-state index < -0.39 is 5.91 Å². The number of carbonyl (C=O) groups is 1. The lowest BCUT2D eigenvalue weighted by atomic mass is 9.91. The van der Waals surface area contributed by atoms with Crippen molar-refractivity contribution in [2.24, 2.45) is 5.73 Å². The van der Waals surface area contributed by atoms with Gasteiger partial charge in [0.15, 0.2) is 0 Å². The van der Waals surface area contributed by atoms with Crippen LogP contribution in [-0.4, -0.2) is 5.91 Å². The molecule has 0 aliphatic heterocycles. The van der Waals surface area contributed by atoms with Crippen molar-refractivity contribution in [1.82, 2.24) is 0 Å². The van der Waals surface area contributed by atoms with Gasteiger partial charge < -0.3 is 5.73 Å². The summed E-state index contributed by atoms with van der Waals surface area (Å²) in [5.74, 6) is -0.616. The fourth-order valence-electron chi connectivity index (χ4n) is 3.44. The van der Waals surface area contributed by atoms with Gasteiger partial charge in [0.1, 0.15) is 5.82 Å². The summed E-state index contributed by atoms with van der Waals surface area (Å²) in [4.78, 5) is 11.8. The molecule has 1 rings (SSSR count). The van der Waals surface area contributed by atoms with Gasteiger partial charge in [0.05, 0.1) is 0 Å². The predicted octanol–water partition coefficient (Wildman–Crippen LogP) is 6.34.